The largest absolute Gasteiger partial charge is 0.457 e. The molecule has 276 valence electrons. The minimum Gasteiger partial charge on any atom is -0.457 e. The fraction of sp³-hybridized carbons (Fsp3) is 0.0385. The Kier molecular flexibility index (Phi) is 7.54. The van der Waals surface area contributed by atoms with Gasteiger partial charge in [-0.05, 0) is 92.7 Å². The lowest BCUT2D eigenvalue weighted by atomic mass is 9.65. The minimum atomic E-state index is -4.52. The number of halogens is 3. The van der Waals surface area contributed by atoms with Crippen molar-refractivity contribution in [3.63, 3.8) is 0 Å². The van der Waals surface area contributed by atoms with Crippen LogP contribution >= 0.6 is 0 Å². The molecule has 1 spiro atoms. The van der Waals surface area contributed by atoms with Crippen molar-refractivity contribution >= 4 is 10.8 Å². The van der Waals surface area contributed by atoms with Crippen molar-refractivity contribution in [1.29, 1.82) is 0 Å². The number of para-hydroxylation sites is 1. The zero-order chi connectivity index (χ0) is 39.0. The third-order valence-corrected chi connectivity index (χ3v) is 11.6. The maximum atomic E-state index is 14.5. The zero-order valence-corrected chi connectivity index (χ0v) is 30.8. The minimum absolute atomic E-state index is 0.580. The Labute approximate surface area is 332 Å². The molecule has 58 heavy (non-hydrogen) atoms. The molecule has 0 radical (unpaired) electrons. The summed E-state index contributed by atoms with van der Waals surface area (Å²) in [4.78, 5) is 10.3. The van der Waals surface area contributed by atoms with Gasteiger partial charge in [0, 0.05) is 27.8 Å². The first kappa shape index (κ1) is 34.0. The lowest BCUT2D eigenvalue weighted by Crippen LogP contribution is -2.32. The van der Waals surface area contributed by atoms with Crippen molar-refractivity contribution in [2.45, 2.75) is 11.6 Å². The second-order valence-electron chi connectivity index (χ2n) is 14.8. The molecule has 0 bridgehead atoms. The van der Waals surface area contributed by atoms with Crippen LogP contribution in [0, 0.1) is 0 Å². The van der Waals surface area contributed by atoms with E-state index in [1.807, 2.05) is 127 Å². The lowest BCUT2D eigenvalue weighted by molar-refractivity contribution is -0.137. The van der Waals surface area contributed by atoms with Gasteiger partial charge >= 0.3 is 6.18 Å². The van der Waals surface area contributed by atoms with E-state index >= 15 is 0 Å². The number of alkyl halides is 3. The highest BCUT2D eigenvalue weighted by molar-refractivity contribution is 5.90. The Balaban J connectivity index is 1.09. The van der Waals surface area contributed by atoms with E-state index in [0.717, 1.165) is 77.8 Å². The molecule has 1 aliphatic carbocycles. The molecule has 8 aromatic carbocycles. The first-order valence-electron chi connectivity index (χ1n) is 19.1. The third-order valence-electron chi connectivity index (χ3n) is 11.6. The number of nitrogens with zero attached hydrogens (tertiary/aromatic N) is 2. The van der Waals surface area contributed by atoms with Crippen molar-refractivity contribution in [2.75, 3.05) is 0 Å². The molecule has 0 amide bonds. The Morgan fingerprint density at radius 3 is 1.88 bits per heavy atom. The first-order chi connectivity index (χ1) is 28.3. The normalized spacial score (nSPS) is 15.0. The molecule has 0 N–H and O–H groups in total. The molecule has 1 unspecified atom stereocenters. The van der Waals surface area contributed by atoms with Crippen LogP contribution < -0.4 is 4.74 Å². The topological polar surface area (TPSA) is 35.0 Å². The highest BCUT2D eigenvalue weighted by atomic mass is 19.4. The molecule has 1 atom stereocenters. The van der Waals surface area contributed by atoms with Gasteiger partial charge in [-0.3, -0.25) is 0 Å². The molecular formula is C52H31F3N2O. The van der Waals surface area contributed by atoms with Gasteiger partial charge in [0.2, 0.25) is 0 Å². The molecule has 2 heterocycles. The van der Waals surface area contributed by atoms with Crippen LogP contribution in [-0.2, 0) is 11.6 Å². The molecule has 2 aliphatic rings. The van der Waals surface area contributed by atoms with Gasteiger partial charge in [0.25, 0.3) is 0 Å². The Morgan fingerprint density at radius 1 is 0.397 bits per heavy atom. The van der Waals surface area contributed by atoms with Crippen molar-refractivity contribution in [3.05, 3.63) is 216 Å². The van der Waals surface area contributed by atoms with E-state index in [9.17, 15) is 13.2 Å². The summed E-state index contributed by atoms with van der Waals surface area (Å²) in [6.07, 6.45) is -4.52. The number of fused-ring (bicyclic) bond motifs is 10. The van der Waals surface area contributed by atoms with Gasteiger partial charge in [0.15, 0.2) is 5.82 Å². The predicted molar refractivity (Wildman–Crippen MR) is 224 cm³/mol. The third kappa shape index (κ3) is 5.29. The van der Waals surface area contributed by atoms with E-state index < -0.39 is 17.2 Å². The average Bonchev–Trinajstić information content (AvgIpc) is 3.56. The van der Waals surface area contributed by atoms with Gasteiger partial charge in [-0.2, -0.15) is 13.2 Å². The average molecular weight is 757 g/mol. The second-order valence-corrected chi connectivity index (χ2v) is 14.8. The highest BCUT2D eigenvalue weighted by Crippen LogP contribution is 2.62. The summed E-state index contributed by atoms with van der Waals surface area (Å²) in [5.41, 5.74) is 9.21. The van der Waals surface area contributed by atoms with Gasteiger partial charge in [0.05, 0.1) is 22.4 Å². The SMILES string of the molecule is FC(F)(F)c1ccc2c(c1)C1(c3ccccc3Oc3ccc(-c4cccc(-c5nc(-c6ccccc6)cc(-c6ccc7ccccc7c6)n5)c4)cc31)c1ccccc1-2. The molecule has 3 nitrogen and oxygen atoms in total. The smallest absolute Gasteiger partial charge is 0.416 e. The Morgan fingerprint density at radius 2 is 1.03 bits per heavy atom. The van der Waals surface area contributed by atoms with Crippen LogP contribution in [-0.4, -0.2) is 9.97 Å². The summed E-state index contributed by atoms with van der Waals surface area (Å²) in [5, 5.41) is 2.28. The van der Waals surface area contributed by atoms with E-state index in [-0.39, 0.29) is 0 Å². The highest BCUT2D eigenvalue weighted by Gasteiger charge is 2.52. The lowest BCUT2D eigenvalue weighted by Gasteiger charge is -2.39. The number of hydrogen-bond donors (Lipinski definition) is 0. The van der Waals surface area contributed by atoms with E-state index in [4.69, 9.17) is 14.7 Å². The molecule has 1 aromatic heterocycles. The van der Waals surface area contributed by atoms with Gasteiger partial charge in [-0.15, -0.1) is 0 Å². The Bertz CT molecular complexity index is 3100. The van der Waals surface area contributed by atoms with Crippen LogP contribution in [0.15, 0.2) is 188 Å². The number of ether oxygens (including phenoxy) is 1. The fourth-order valence-corrected chi connectivity index (χ4v) is 8.92. The number of benzene rings is 8. The van der Waals surface area contributed by atoms with Crippen LogP contribution in [0.25, 0.3) is 66.9 Å². The summed E-state index contributed by atoms with van der Waals surface area (Å²) in [5.74, 6) is 1.79. The molecule has 9 aromatic rings. The molecule has 11 rings (SSSR count). The predicted octanol–water partition coefficient (Wildman–Crippen LogP) is 13.8. The fourth-order valence-electron chi connectivity index (χ4n) is 8.92. The van der Waals surface area contributed by atoms with Crippen LogP contribution in [0.5, 0.6) is 11.5 Å². The second kappa shape index (κ2) is 12.9. The molecule has 0 fully saturated rings. The molecule has 1 aliphatic heterocycles. The summed E-state index contributed by atoms with van der Waals surface area (Å²) in [6.45, 7) is 0. The summed E-state index contributed by atoms with van der Waals surface area (Å²) < 4.78 is 50.0. The standard InChI is InChI=1S/C52H31F3N2O/c53-52(54,55)39-24-25-41-40-17-6-7-18-42(40)51(44(41)30-39)43-19-8-9-20-48(43)58-49-26-23-36(29-45(49)51)35-15-10-16-38(28-35)50-56-46(33-12-2-1-3-13-33)31-47(57-50)37-22-21-32-11-4-5-14-34(32)27-37/h1-31H. The van der Waals surface area contributed by atoms with Gasteiger partial charge in [-0.25, -0.2) is 9.97 Å². The zero-order valence-electron chi connectivity index (χ0n) is 30.8. The van der Waals surface area contributed by atoms with E-state index in [1.54, 1.807) is 6.07 Å². The maximum Gasteiger partial charge on any atom is 0.416 e. The Hall–Kier alpha value is -7.31. The number of aromatic nitrogens is 2. The van der Waals surface area contributed by atoms with Crippen LogP contribution in [0.2, 0.25) is 0 Å². The monoisotopic (exact) mass is 756 g/mol. The van der Waals surface area contributed by atoms with Crippen molar-refractivity contribution in [2.24, 2.45) is 0 Å². The molecule has 6 heteroatoms. The number of rotatable bonds is 4. The molecule has 0 saturated carbocycles. The summed E-state index contributed by atoms with van der Waals surface area (Å²) in [6, 6.07) is 60.7. The first-order valence-corrected chi connectivity index (χ1v) is 19.1. The van der Waals surface area contributed by atoms with Crippen LogP contribution in [0.3, 0.4) is 0 Å². The van der Waals surface area contributed by atoms with Gasteiger partial charge in [0.1, 0.15) is 11.5 Å². The number of hydrogen-bond acceptors (Lipinski definition) is 3. The van der Waals surface area contributed by atoms with Crippen LogP contribution in [0.4, 0.5) is 13.2 Å². The van der Waals surface area contributed by atoms with Crippen molar-refractivity contribution in [1.82, 2.24) is 9.97 Å². The molecular weight excluding hydrogens is 726 g/mol. The quantitative estimate of drug-likeness (QED) is 0.179. The van der Waals surface area contributed by atoms with Crippen molar-refractivity contribution < 1.29 is 17.9 Å². The van der Waals surface area contributed by atoms with E-state index in [1.165, 1.54) is 12.1 Å². The molecule has 0 saturated heterocycles. The maximum absolute atomic E-state index is 14.5. The van der Waals surface area contributed by atoms with Crippen molar-refractivity contribution in [3.8, 4) is 67.7 Å². The van der Waals surface area contributed by atoms with Crippen LogP contribution in [0.1, 0.15) is 27.8 Å². The summed E-state index contributed by atoms with van der Waals surface area (Å²) in [7, 11) is 0. The van der Waals surface area contributed by atoms with Gasteiger partial charge in [-0.1, -0.05) is 140 Å². The van der Waals surface area contributed by atoms with E-state index in [0.29, 0.717) is 22.9 Å². The van der Waals surface area contributed by atoms with E-state index in [2.05, 4.69) is 42.5 Å². The summed E-state index contributed by atoms with van der Waals surface area (Å²) >= 11 is 0. The van der Waals surface area contributed by atoms with Gasteiger partial charge < -0.3 is 4.74 Å².